The largest absolute Gasteiger partial charge is 0.466 e. The van der Waals surface area contributed by atoms with Crippen molar-refractivity contribution in [1.29, 1.82) is 0 Å². The van der Waals surface area contributed by atoms with E-state index in [2.05, 4.69) is 41.6 Å². The van der Waals surface area contributed by atoms with Gasteiger partial charge in [-0.25, -0.2) is 0 Å². The highest BCUT2D eigenvalue weighted by molar-refractivity contribution is 7.11. The maximum Gasteiger partial charge on any atom is 0.305 e. The zero-order chi connectivity index (χ0) is 18.5. The molecule has 0 spiro atoms. The molecule has 1 heterocycles. The molecule has 6 heteroatoms. The van der Waals surface area contributed by atoms with Gasteiger partial charge in [0.15, 0.2) is 5.96 Å². The molecule has 1 atom stereocenters. The lowest BCUT2D eigenvalue weighted by atomic mass is 10.1. The van der Waals surface area contributed by atoms with E-state index in [0.29, 0.717) is 19.1 Å². The monoisotopic (exact) mass is 367 g/mol. The first kappa shape index (κ1) is 21.5. The molecular formula is C19H33N3O2S. The van der Waals surface area contributed by atoms with Gasteiger partial charge in [-0.2, -0.15) is 0 Å². The number of esters is 1. The number of nitrogens with one attached hydrogen (secondary N) is 2. The summed E-state index contributed by atoms with van der Waals surface area (Å²) in [6.07, 6.45) is 5.68. The maximum absolute atomic E-state index is 11.2. The molecule has 25 heavy (non-hydrogen) atoms. The van der Waals surface area contributed by atoms with Gasteiger partial charge in [-0.3, -0.25) is 9.79 Å². The number of unbranched alkanes of at least 4 members (excludes halogenated alkanes) is 3. The highest BCUT2D eigenvalue weighted by Crippen LogP contribution is 2.16. The van der Waals surface area contributed by atoms with E-state index in [-0.39, 0.29) is 5.97 Å². The topological polar surface area (TPSA) is 62.7 Å². The number of hydrogen-bond acceptors (Lipinski definition) is 4. The van der Waals surface area contributed by atoms with Gasteiger partial charge in [-0.05, 0) is 45.7 Å². The fourth-order valence-electron chi connectivity index (χ4n) is 2.56. The van der Waals surface area contributed by atoms with E-state index in [4.69, 9.17) is 4.74 Å². The van der Waals surface area contributed by atoms with Crippen molar-refractivity contribution in [2.75, 3.05) is 20.2 Å². The first-order valence-corrected chi connectivity index (χ1v) is 10.0. The lowest BCUT2D eigenvalue weighted by Gasteiger charge is -2.17. The van der Waals surface area contributed by atoms with Crippen molar-refractivity contribution in [3.63, 3.8) is 0 Å². The summed E-state index contributed by atoms with van der Waals surface area (Å²) in [7, 11) is 1.80. The molecule has 0 aliphatic rings. The highest BCUT2D eigenvalue weighted by atomic mass is 32.1. The second-order valence-corrected chi connectivity index (χ2v) is 7.60. The minimum absolute atomic E-state index is 0.0832. The second-order valence-electron chi connectivity index (χ2n) is 6.23. The molecule has 0 aromatic carbocycles. The van der Waals surface area contributed by atoms with Crippen LogP contribution in [-0.4, -0.2) is 38.2 Å². The van der Waals surface area contributed by atoms with Crippen LogP contribution in [0.4, 0.5) is 0 Å². The molecule has 0 fully saturated rings. The van der Waals surface area contributed by atoms with Gasteiger partial charge < -0.3 is 15.4 Å². The summed E-state index contributed by atoms with van der Waals surface area (Å²) < 4.78 is 4.92. The van der Waals surface area contributed by atoms with Crippen LogP contribution in [0.1, 0.15) is 55.7 Å². The SMILES string of the molecule is CCOC(=O)CCCCCCNC(=NC)NC(C)Cc1ccc(C)s1. The number of rotatable bonds is 11. The molecule has 0 saturated heterocycles. The van der Waals surface area contributed by atoms with Gasteiger partial charge in [0.2, 0.25) is 0 Å². The summed E-state index contributed by atoms with van der Waals surface area (Å²) in [5, 5.41) is 6.80. The molecule has 142 valence electrons. The van der Waals surface area contributed by atoms with Crippen LogP contribution in [0.2, 0.25) is 0 Å². The molecule has 1 aromatic rings. The number of carbonyl (C=O) groups excluding carboxylic acids is 1. The number of aryl methyl sites for hydroxylation is 1. The normalized spacial score (nSPS) is 12.7. The van der Waals surface area contributed by atoms with E-state index in [9.17, 15) is 4.79 Å². The Labute approximate surface area is 156 Å². The molecule has 0 bridgehead atoms. The van der Waals surface area contributed by atoms with Crippen LogP contribution >= 0.6 is 11.3 Å². The minimum atomic E-state index is -0.0832. The van der Waals surface area contributed by atoms with Gasteiger partial charge in [0, 0.05) is 42.2 Å². The third-order valence-corrected chi connectivity index (χ3v) is 4.84. The van der Waals surface area contributed by atoms with E-state index in [1.54, 1.807) is 7.05 Å². The van der Waals surface area contributed by atoms with Gasteiger partial charge in [0.25, 0.3) is 0 Å². The first-order valence-electron chi connectivity index (χ1n) is 9.23. The molecule has 2 N–H and O–H groups in total. The average molecular weight is 368 g/mol. The number of nitrogens with zero attached hydrogens (tertiary/aromatic N) is 1. The van der Waals surface area contributed by atoms with Crippen molar-refractivity contribution in [3.05, 3.63) is 21.9 Å². The second kappa shape index (κ2) is 12.8. The molecular weight excluding hydrogens is 334 g/mol. The molecule has 0 aliphatic heterocycles. The van der Waals surface area contributed by atoms with Crippen LogP contribution in [0.15, 0.2) is 17.1 Å². The molecule has 0 aliphatic carbocycles. The van der Waals surface area contributed by atoms with Gasteiger partial charge >= 0.3 is 5.97 Å². The quantitative estimate of drug-likeness (QED) is 0.271. The molecule has 5 nitrogen and oxygen atoms in total. The lowest BCUT2D eigenvalue weighted by molar-refractivity contribution is -0.143. The average Bonchev–Trinajstić information content (AvgIpc) is 2.97. The van der Waals surface area contributed by atoms with Crippen LogP contribution in [0.5, 0.6) is 0 Å². The summed E-state index contributed by atoms with van der Waals surface area (Å²) >= 11 is 1.85. The molecule has 0 amide bonds. The number of thiophene rings is 1. The summed E-state index contributed by atoms with van der Waals surface area (Å²) in [6, 6.07) is 4.71. The Morgan fingerprint density at radius 1 is 1.28 bits per heavy atom. The Morgan fingerprint density at radius 2 is 2.04 bits per heavy atom. The minimum Gasteiger partial charge on any atom is -0.466 e. The Kier molecular flexibility index (Phi) is 11.0. The number of carbonyl (C=O) groups is 1. The molecule has 1 unspecified atom stereocenters. The van der Waals surface area contributed by atoms with E-state index in [1.807, 2.05) is 18.3 Å². The van der Waals surface area contributed by atoms with Gasteiger partial charge in [-0.1, -0.05) is 12.8 Å². The van der Waals surface area contributed by atoms with Crippen molar-refractivity contribution < 1.29 is 9.53 Å². The number of guanidine groups is 1. The Balaban J connectivity index is 2.10. The Bertz CT molecular complexity index is 528. The van der Waals surface area contributed by atoms with Crippen molar-refractivity contribution in [2.24, 2.45) is 4.99 Å². The van der Waals surface area contributed by atoms with Crippen molar-refractivity contribution >= 4 is 23.3 Å². The standard InChI is InChI=1S/C19H33N3O2S/c1-5-24-18(23)10-8-6-7-9-13-21-19(20-4)22-15(2)14-17-12-11-16(3)25-17/h11-12,15H,5-10,13-14H2,1-4H3,(H2,20,21,22). The highest BCUT2D eigenvalue weighted by Gasteiger charge is 2.07. The summed E-state index contributed by atoms with van der Waals surface area (Å²) in [5.41, 5.74) is 0. The van der Waals surface area contributed by atoms with Crippen LogP contribution in [-0.2, 0) is 16.0 Å². The fourth-order valence-corrected chi connectivity index (χ4v) is 3.58. The predicted molar refractivity (Wildman–Crippen MR) is 106 cm³/mol. The predicted octanol–water partition coefficient (Wildman–Crippen LogP) is 3.67. The maximum atomic E-state index is 11.2. The zero-order valence-corrected chi connectivity index (χ0v) is 16.9. The fraction of sp³-hybridized carbons (Fsp3) is 0.684. The van der Waals surface area contributed by atoms with Gasteiger partial charge in [0.1, 0.15) is 0 Å². The molecule has 0 radical (unpaired) electrons. The van der Waals surface area contributed by atoms with Crippen LogP contribution in [0.3, 0.4) is 0 Å². The van der Waals surface area contributed by atoms with Gasteiger partial charge in [-0.15, -0.1) is 11.3 Å². The smallest absolute Gasteiger partial charge is 0.305 e. The number of aliphatic imine (C=N–C) groups is 1. The first-order chi connectivity index (χ1) is 12.0. The third-order valence-electron chi connectivity index (χ3n) is 3.82. The molecule has 1 rings (SSSR count). The van der Waals surface area contributed by atoms with Gasteiger partial charge in [0.05, 0.1) is 6.61 Å². The molecule has 0 saturated carbocycles. The van der Waals surface area contributed by atoms with E-state index < -0.39 is 0 Å². The Hall–Kier alpha value is -1.56. The summed E-state index contributed by atoms with van der Waals surface area (Å²) in [6.45, 7) is 7.52. The summed E-state index contributed by atoms with van der Waals surface area (Å²) in [4.78, 5) is 18.3. The van der Waals surface area contributed by atoms with Crippen molar-refractivity contribution in [2.45, 2.75) is 65.3 Å². The lowest BCUT2D eigenvalue weighted by Crippen LogP contribution is -2.43. The van der Waals surface area contributed by atoms with Crippen LogP contribution in [0.25, 0.3) is 0 Å². The van der Waals surface area contributed by atoms with E-state index in [0.717, 1.165) is 44.6 Å². The van der Waals surface area contributed by atoms with Crippen molar-refractivity contribution in [1.82, 2.24) is 10.6 Å². The third kappa shape index (κ3) is 10.1. The van der Waals surface area contributed by atoms with E-state index in [1.165, 1.54) is 9.75 Å². The van der Waals surface area contributed by atoms with E-state index >= 15 is 0 Å². The summed E-state index contributed by atoms with van der Waals surface area (Å²) in [5.74, 6) is 0.771. The zero-order valence-electron chi connectivity index (χ0n) is 16.1. The number of ether oxygens (including phenoxy) is 1. The van der Waals surface area contributed by atoms with Crippen LogP contribution < -0.4 is 10.6 Å². The van der Waals surface area contributed by atoms with Crippen molar-refractivity contribution in [3.8, 4) is 0 Å². The Morgan fingerprint density at radius 3 is 2.68 bits per heavy atom. The number of hydrogen-bond donors (Lipinski definition) is 2. The molecule has 1 aromatic heterocycles. The van der Waals surface area contributed by atoms with Crippen LogP contribution in [0, 0.1) is 6.92 Å².